The number of amides is 2. The van der Waals surface area contributed by atoms with Crippen molar-refractivity contribution in [2.24, 2.45) is 0 Å². The molecule has 0 radical (unpaired) electrons. The van der Waals surface area contributed by atoms with Crippen LogP contribution in [-0.2, 0) is 19.1 Å². The molecule has 0 unspecified atom stereocenters. The molecular formula is C27H32N2O6. The molecular weight excluding hydrogens is 448 g/mol. The van der Waals surface area contributed by atoms with Crippen LogP contribution >= 0.6 is 0 Å². The first-order chi connectivity index (χ1) is 16.9. The molecule has 186 valence electrons. The summed E-state index contributed by atoms with van der Waals surface area (Å²) < 4.78 is 11.2. The van der Waals surface area contributed by atoms with Gasteiger partial charge < -0.3 is 25.2 Å². The predicted octanol–water partition coefficient (Wildman–Crippen LogP) is 3.83. The van der Waals surface area contributed by atoms with Gasteiger partial charge >= 0.3 is 12.1 Å². The van der Waals surface area contributed by atoms with Crippen LogP contribution in [0.2, 0.25) is 0 Å². The van der Waals surface area contributed by atoms with Crippen molar-refractivity contribution in [2.75, 3.05) is 19.8 Å². The van der Waals surface area contributed by atoms with Crippen molar-refractivity contribution in [3.63, 3.8) is 0 Å². The van der Waals surface area contributed by atoms with E-state index in [-0.39, 0.29) is 31.3 Å². The number of hydrogen-bond donors (Lipinski definition) is 3. The molecule has 0 spiro atoms. The number of benzene rings is 2. The molecule has 2 aliphatic rings. The molecule has 1 saturated heterocycles. The zero-order valence-electron chi connectivity index (χ0n) is 19.9. The Morgan fingerprint density at radius 2 is 1.66 bits per heavy atom. The molecule has 2 aromatic carbocycles. The van der Waals surface area contributed by atoms with Gasteiger partial charge in [-0.15, -0.1) is 0 Å². The number of hydrogen-bond acceptors (Lipinski definition) is 5. The molecule has 1 atom stereocenters. The van der Waals surface area contributed by atoms with E-state index in [0.717, 1.165) is 22.3 Å². The van der Waals surface area contributed by atoms with Crippen LogP contribution in [0.15, 0.2) is 48.5 Å². The molecule has 2 aromatic rings. The number of nitrogens with one attached hydrogen (secondary N) is 2. The fourth-order valence-electron chi connectivity index (χ4n) is 5.05. The van der Waals surface area contributed by atoms with Gasteiger partial charge in [0.1, 0.15) is 6.61 Å². The molecule has 4 rings (SSSR count). The molecule has 1 aliphatic heterocycles. The van der Waals surface area contributed by atoms with Crippen molar-refractivity contribution in [3.05, 3.63) is 59.7 Å². The lowest BCUT2D eigenvalue weighted by Crippen LogP contribution is -2.55. The van der Waals surface area contributed by atoms with Crippen LogP contribution in [0.1, 0.15) is 56.1 Å². The first kappa shape index (κ1) is 24.7. The minimum atomic E-state index is -0.963. The van der Waals surface area contributed by atoms with E-state index in [4.69, 9.17) is 14.6 Å². The monoisotopic (exact) mass is 480 g/mol. The van der Waals surface area contributed by atoms with Crippen LogP contribution in [0.4, 0.5) is 4.79 Å². The average Bonchev–Trinajstić information content (AvgIpc) is 3.16. The second-order valence-corrected chi connectivity index (χ2v) is 9.29. The lowest BCUT2D eigenvalue weighted by Gasteiger charge is -2.37. The zero-order chi connectivity index (χ0) is 24.8. The molecule has 2 amide bonds. The molecule has 1 fully saturated rings. The van der Waals surface area contributed by atoms with Gasteiger partial charge in [-0.2, -0.15) is 0 Å². The van der Waals surface area contributed by atoms with Gasteiger partial charge in [-0.3, -0.25) is 9.59 Å². The third-order valence-electron chi connectivity index (χ3n) is 6.94. The number of carbonyl (C=O) groups excluding carboxylic acids is 2. The summed E-state index contributed by atoms with van der Waals surface area (Å²) in [5.41, 5.74) is 3.77. The Kier molecular flexibility index (Phi) is 7.70. The fourth-order valence-corrected chi connectivity index (χ4v) is 5.05. The van der Waals surface area contributed by atoms with E-state index in [1.807, 2.05) is 31.2 Å². The van der Waals surface area contributed by atoms with Gasteiger partial charge in [-0.25, -0.2) is 4.79 Å². The summed E-state index contributed by atoms with van der Waals surface area (Å²) in [6.45, 7) is 2.86. The first-order valence-corrected chi connectivity index (χ1v) is 12.1. The van der Waals surface area contributed by atoms with Crippen LogP contribution in [0.3, 0.4) is 0 Å². The van der Waals surface area contributed by atoms with Crippen LogP contribution in [0.25, 0.3) is 11.1 Å². The second kappa shape index (κ2) is 10.9. The number of fused-ring (bicyclic) bond motifs is 3. The van der Waals surface area contributed by atoms with Gasteiger partial charge in [0.25, 0.3) is 0 Å². The van der Waals surface area contributed by atoms with E-state index < -0.39 is 23.6 Å². The zero-order valence-corrected chi connectivity index (χ0v) is 19.9. The van der Waals surface area contributed by atoms with Crippen molar-refractivity contribution in [1.82, 2.24) is 10.6 Å². The molecule has 1 heterocycles. The Bertz CT molecular complexity index is 1030. The van der Waals surface area contributed by atoms with Gasteiger partial charge in [-0.1, -0.05) is 55.5 Å². The molecule has 8 heteroatoms. The molecule has 35 heavy (non-hydrogen) atoms. The van der Waals surface area contributed by atoms with E-state index in [2.05, 4.69) is 34.9 Å². The summed E-state index contributed by atoms with van der Waals surface area (Å²) in [5.74, 6) is -1.31. The molecule has 0 bridgehead atoms. The Morgan fingerprint density at radius 1 is 1.06 bits per heavy atom. The van der Waals surface area contributed by atoms with Gasteiger partial charge in [0.2, 0.25) is 5.91 Å². The van der Waals surface area contributed by atoms with Gasteiger partial charge in [0, 0.05) is 31.6 Å². The summed E-state index contributed by atoms with van der Waals surface area (Å²) in [6.07, 6.45) is 0.780. The Hall–Kier alpha value is -3.39. The van der Waals surface area contributed by atoms with Gasteiger partial charge in [0.05, 0.1) is 12.0 Å². The SMILES string of the molecule is CC[C@@H](CC(=O)O)NC(=O)CC1(NC(=O)OCC2c3ccccc3-c3ccccc32)CCOCC1. The number of carboxylic acids is 1. The summed E-state index contributed by atoms with van der Waals surface area (Å²) in [6, 6.07) is 15.8. The lowest BCUT2D eigenvalue weighted by molar-refractivity contribution is -0.137. The smallest absolute Gasteiger partial charge is 0.407 e. The van der Waals surface area contributed by atoms with E-state index >= 15 is 0 Å². The van der Waals surface area contributed by atoms with Crippen molar-refractivity contribution >= 4 is 18.0 Å². The fraction of sp³-hybridized carbons (Fsp3) is 0.444. The van der Waals surface area contributed by atoms with E-state index in [1.165, 1.54) is 0 Å². The number of alkyl carbamates (subject to hydrolysis) is 1. The van der Waals surface area contributed by atoms with Crippen LogP contribution in [0.5, 0.6) is 0 Å². The van der Waals surface area contributed by atoms with Crippen LogP contribution in [-0.4, -0.2) is 54.5 Å². The highest BCUT2D eigenvalue weighted by atomic mass is 16.5. The number of ether oxygens (including phenoxy) is 2. The Labute approximate surface area is 205 Å². The highest BCUT2D eigenvalue weighted by Gasteiger charge is 2.38. The van der Waals surface area contributed by atoms with Crippen molar-refractivity contribution in [3.8, 4) is 11.1 Å². The maximum absolute atomic E-state index is 12.9. The van der Waals surface area contributed by atoms with Crippen molar-refractivity contribution in [1.29, 1.82) is 0 Å². The van der Waals surface area contributed by atoms with Gasteiger partial charge in [-0.05, 0) is 41.5 Å². The summed E-state index contributed by atoms with van der Waals surface area (Å²) >= 11 is 0. The highest BCUT2D eigenvalue weighted by molar-refractivity contribution is 5.80. The summed E-state index contributed by atoms with van der Waals surface area (Å²) in [4.78, 5) is 36.7. The lowest BCUT2D eigenvalue weighted by atomic mass is 9.86. The van der Waals surface area contributed by atoms with E-state index in [1.54, 1.807) is 0 Å². The third-order valence-corrected chi connectivity index (χ3v) is 6.94. The quantitative estimate of drug-likeness (QED) is 0.503. The normalized spacial score (nSPS) is 17.1. The number of aliphatic carboxylic acids is 1. The standard InChI is InChI=1S/C27H32N2O6/c1-2-18(15-25(31)32)28-24(30)16-27(11-13-34-14-12-27)29-26(33)35-17-23-21-9-5-3-7-19(21)20-8-4-6-10-22(20)23/h3-10,18,23H,2,11-17H2,1H3,(H,28,30)(H,29,33)(H,31,32)/t18-/m0/s1. The predicted molar refractivity (Wildman–Crippen MR) is 130 cm³/mol. The first-order valence-electron chi connectivity index (χ1n) is 12.1. The molecule has 3 N–H and O–H groups in total. The Balaban J connectivity index is 1.40. The van der Waals surface area contributed by atoms with Gasteiger partial charge in [0.15, 0.2) is 0 Å². The number of carbonyl (C=O) groups is 3. The third kappa shape index (κ3) is 5.82. The summed E-state index contributed by atoms with van der Waals surface area (Å²) in [7, 11) is 0. The van der Waals surface area contributed by atoms with Crippen molar-refractivity contribution in [2.45, 2.75) is 56.5 Å². The maximum Gasteiger partial charge on any atom is 0.407 e. The van der Waals surface area contributed by atoms with Crippen LogP contribution in [0, 0.1) is 0 Å². The highest BCUT2D eigenvalue weighted by Crippen LogP contribution is 2.44. The molecule has 8 nitrogen and oxygen atoms in total. The number of rotatable bonds is 9. The second-order valence-electron chi connectivity index (χ2n) is 9.29. The van der Waals surface area contributed by atoms with Crippen molar-refractivity contribution < 1.29 is 29.0 Å². The summed E-state index contributed by atoms with van der Waals surface area (Å²) in [5, 5.41) is 14.8. The minimum absolute atomic E-state index is 0.0384. The topological polar surface area (TPSA) is 114 Å². The molecule has 1 aliphatic carbocycles. The number of carboxylic acid groups (broad SMARTS) is 1. The Morgan fingerprint density at radius 3 is 2.23 bits per heavy atom. The maximum atomic E-state index is 12.9. The average molecular weight is 481 g/mol. The van der Waals surface area contributed by atoms with E-state index in [0.29, 0.717) is 32.5 Å². The largest absolute Gasteiger partial charge is 0.481 e. The van der Waals surface area contributed by atoms with Crippen LogP contribution < -0.4 is 10.6 Å². The van der Waals surface area contributed by atoms with E-state index in [9.17, 15) is 14.4 Å². The molecule has 0 aromatic heterocycles. The molecule has 0 saturated carbocycles. The minimum Gasteiger partial charge on any atom is -0.481 e.